The van der Waals surface area contributed by atoms with Crippen molar-refractivity contribution in [2.75, 3.05) is 0 Å². The van der Waals surface area contributed by atoms with Gasteiger partial charge in [0.15, 0.2) is 22.8 Å². The molecule has 1 aromatic carbocycles. The Bertz CT molecular complexity index is 2350. The molecule has 0 saturated carbocycles. The van der Waals surface area contributed by atoms with Gasteiger partial charge in [-0.05, 0) is 24.3 Å². The summed E-state index contributed by atoms with van der Waals surface area (Å²) in [5, 5.41) is 78.6. The molecule has 196 valence electrons. The van der Waals surface area contributed by atoms with Gasteiger partial charge in [-0.2, -0.15) is 42.1 Å². The highest BCUT2D eigenvalue weighted by Gasteiger charge is 2.21. The Hall–Kier alpha value is -8.14. The second-order valence-corrected chi connectivity index (χ2v) is 8.53. The summed E-state index contributed by atoms with van der Waals surface area (Å²) in [6.45, 7) is 0. The summed E-state index contributed by atoms with van der Waals surface area (Å²) in [6, 6.07) is 21.0. The van der Waals surface area contributed by atoms with Crippen molar-refractivity contribution >= 4 is 33.0 Å². The quantitative estimate of drug-likeness (QED) is 0.272. The Labute approximate surface area is 246 Å². The maximum absolute atomic E-state index is 10.1. The van der Waals surface area contributed by atoms with Gasteiger partial charge in [0.2, 0.25) is 11.6 Å². The van der Waals surface area contributed by atoms with Gasteiger partial charge < -0.3 is 0 Å². The molecular formula is C30H6N14. The molecule has 0 bridgehead atoms. The lowest BCUT2D eigenvalue weighted by atomic mass is 9.98. The molecule has 0 atom stereocenters. The highest BCUT2D eigenvalue weighted by Crippen LogP contribution is 2.24. The van der Waals surface area contributed by atoms with E-state index in [4.69, 9.17) is 0 Å². The highest BCUT2D eigenvalue weighted by molar-refractivity contribution is 6.05. The third-order valence-corrected chi connectivity index (χ3v) is 6.27. The first-order valence-corrected chi connectivity index (χ1v) is 11.9. The van der Waals surface area contributed by atoms with Gasteiger partial charge in [0.1, 0.15) is 48.6 Å². The van der Waals surface area contributed by atoms with Crippen LogP contribution in [0.15, 0.2) is 36.7 Å². The summed E-state index contributed by atoms with van der Waals surface area (Å²) in [5.74, 6) is -0.812. The van der Waals surface area contributed by atoms with E-state index in [0.29, 0.717) is 21.8 Å². The van der Waals surface area contributed by atoms with Crippen LogP contribution in [0, 0.1) is 90.6 Å². The Morgan fingerprint density at radius 1 is 0.477 bits per heavy atom. The van der Waals surface area contributed by atoms with E-state index in [1.807, 2.05) is 12.1 Å². The summed E-state index contributed by atoms with van der Waals surface area (Å²) < 4.78 is 0. The van der Waals surface area contributed by atoms with Crippen LogP contribution in [0.3, 0.4) is 0 Å². The van der Waals surface area contributed by atoms with Crippen LogP contribution in [-0.4, -0.2) is 29.9 Å². The maximum Gasteiger partial charge on any atom is 0.234 e. The van der Waals surface area contributed by atoms with Crippen LogP contribution in [0.1, 0.15) is 45.6 Å². The summed E-state index contributed by atoms with van der Waals surface area (Å²) >= 11 is 0. The van der Waals surface area contributed by atoms with Gasteiger partial charge in [-0.15, -0.1) is 0 Å². The van der Waals surface area contributed by atoms with Crippen LogP contribution in [0.5, 0.6) is 0 Å². The molecule has 0 aliphatic rings. The third-order valence-electron chi connectivity index (χ3n) is 6.27. The number of nitriles is 8. The van der Waals surface area contributed by atoms with Crippen LogP contribution in [0.2, 0.25) is 0 Å². The molecule has 0 unspecified atom stereocenters. The van der Waals surface area contributed by atoms with E-state index in [1.165, 1.54) is 12.4 Å². The third kappa shape index (κ3) is 4.43. The topological polar surface area (TPSA) is 268 Å². The van der Waals surface area contributed by atoms with Crippen molar-refractivity contribution in [3.63, 3.8) is 0 Å². The Morgan fingerprint density at radius 3 is 1.09 bits per heavy atom. The predicted molar refractivity (Wildman–Crippen MR) is 145 cm³/mol. The second kappa shape index (κ2) is 11.2. The average molecular weight is 562 g/mol. The monoisotopic (exact) mass is 562 g/mol. The fourth-order valence-corrected chi connectivity index (χ4v) is 4.43. The van der Waals surface area contributed by atoms with Gasteiger partial charge in [-0.3, -0.25) is 9.97 Å². The lowest BCUT2D eigenvalue weighted by Gasteiger charge is -2.07. The molecule has 0 N–H and O–H groups in total. The van der Waals surface area contributed by atoms with E-state index in [-0.39, 0.29) is 55.5 Å². The Balaban J connectivity index is 1.91. The molecule has 0 amide bonds. The Morgan fingerprint density at radius 2 is 0.818 bits per heavy atom. The molecule has 4 heterocycles. The maximum atomic E-state index is 10.1. The fraction of sp³-hybridized carbons (Fsp3) is 0. The van der Waals surface area contributed by atoms with Gasteiger partial charge in [0.25, 0.3) is 0 Å². The number of benzene rings is 1. The van der Waals surface area contributed by atoms with Crippen LogP contribution in [-0.2, 0) is 0 Å². The molecule has 44 heavy (non-hydrogen) atoms. The van der Waals surface area contributed by atoms with Crippen molar-refractivity contribution in [3.8, 4) is 48.6 Å². The van der Waals surface area contributed by atoms with Crippen molar-refractivity contribution in [1.29, 1.82) is 42.1 Å². The van der Waals surface area contributed by atoms with Crippen LogP contribution in [0.4, 0.5) is 0 Å². The molecule has 0 radical (unpaired) electrons. The zero-order chi connectivity index (χ0) is 31.4. The molecule has 14 heteroatoms. The zero-order valence-electron chi connectivity index (χ0n) is 21.7. The van der Waals surface area contributed by atoms with Gasteiger partial charge in [-0.25, -0.2) is 19.9 Å². The summed E-state index contributed by atoms with van der Waals surface area (Å²) in [6.07, 6.45) is 2.73. The molecule has 0 saturated heterocycles. The van der Waals surface area contributed by atoms with E-state index in [0.717, 1.165) is 0 Å². The molecule has 5 rings (SSSR count). The average Bonchev–Trinajstić information content (AvgIpc) is 3.08. The second-order valence-electron chi connectivity index (χ2n) is 8.53. The number of hydrogen-bond acceptors (Lipinski definition) is 14. The van der Waals surface area contributed by atoms with E-state index in [9.17, 15) is 42.1 Å². The number of pyridine rings is 2. The predicted octanol–water partition coefficient (Wildman–Crippen LogP) is 1.04. The van der Waals surface area contributed by atoms with Crippen molar-refractivity contribution in [2.24, 2.45) is 0 Å². The minimum Gasteiger partial charge on any atom is -0.256 e. The van der Waals surface area contributed by atoms with E-state index < -0.39 is 11.6 Å². The molecule has 0 aliphatic heterocycles. The standard InChI is InChI=1S/C30H6N14/c31-5-19(29-23(7-33)41-27(11-37)42-24(29)8-34)15-3-17-18-4-16(14-40-22(18)2-1-21(17)39-13-15)20(6-32)30-25(9-35)43-28(12-38)44-26(30)10-36/h1-4,13-14H/b19-15-,20-16-. The number of fused-ring (bicyclic) bond motifs is 3. The number of nitrogens with zero attached hydrogens (tertiary/aromatic N) is 14. The first-order valence-electron chi connectivity index (χ1n) is 11.9. The Kier molecular flexibility index (Phi) is 6.95. The molecule has 5 aromatic rings. The highest BCUT2D eigenvalue weighted by atomic mass is 14.9. The number of rotatable bonds is 2. The molecule has 0 aliphatic carbocycles. The van der Waals surface area contributed by atoms with Gasteiger partial charge in [0.05, 0.1) is 33.3 Å². The van der Waals surface area contributed by atoms with Gasteiger partial charge >= 0.3 is 0 Å². The zero-order valence-corrected chi connectivity index (χ0v) is 21.7. The molecule has 0 fully saturated rings. The van der Waals surface area contributed by atoms with Crippen molar-refractivity contribution in [1.82, 2.24) is 29.9 Å². The van der Waals surface area contributed by atoms with Crippen molar-refractivity contribution in [3.05, 3.63) is 92.6 Å². The molecule has 0 spiro atoms. The van der Waals surface area contributed by atoms with Crippen molar-refractivity contribution < 1.29 is 0 Å². The minimum absolute atomic E-state index is 0.144. The first-order chi connectivity index (χ1) is 21.4. The number of hydrogen-bond donors (Lipinski definition) is 0. The van der Waals surface area contributed by atoms with Crippen LogP contribution < -0.4 is 10.4 Å². The molecular weight excluding hydrogens is 556 g/mol. The van der Waals surface area contributed by atoms with Gasteiger partial charge in [0, 0.05) is 33.6 Å². The smallest absolute Gasteiger partial charge is 0.234 e. The van der Waals surface area contributed by atoms with E-state index >= 15 is 0 Å². The van der Waals surface area contributed by atoms with Crippen LogP contribution in [0.25, 0.3) is 33.0 Å². The van der Waals surface area contributed by atoms with Crippen LogP contribution >= 0.6 is 0 Å². The van der Waals surface area contributed by atoms with E-state index in [1.54, 1.807) is 60.7 Å². The fourth-order valence-electron chi connectivity index (χ4n) is 4.43. The lowest BCUT2D eigenvalue weighted by molar-refractivity contribution is 1.06. The van der Waals surface area contributed by atoms with E-state index in [2.05, 4.69) is 29.9 Å². The largest absolute Gasteiger partial charge is 0.256 e. The minimum atomic E-state index is -0.406. The normalized spacial score (nSPS) is 11.3. The lowest BCUT2D eigenvalue weighted by Crippen LogP contribution is -2.13. The number of aromatic nitrogens is 6. The summed E-state index contributed by atoms with van der Waals surface area (Å²) in [7, 11) is 0. The molecule has 4 aromatic heterocycles. The van der Waals surface area contributed by atoms with Crippen molar-refractivity contribution in [2.45, 2.75) is 0 Å². The SMILES string of the molecule is N#C/C(c1c(C#N)nc(C#N)nc1C#N)=c1/cnc2ccc3nc/c(=C(/C#N)c4c(C#N)nc(C#N)nc4C#N)cc3c2c1. The summed E-state index contributed by atoms with van der Waals surface area (Å²) in [5.41, 5.74) is -1.05. The van der Waals surface area contributed by atoms with Gasteiger partial charge in [-0.1, -0.05) is 0 Å². The molecule has 14 nitrogen and oxygen atoms in total. The first kappa shape index (κ1) is 27.4. The summed E-state index contributed by atoms with van der Waals surface area (Å²) in [4.78, 5) is 24.2.